The van der Waals surface area contributed by atoms with Gasteiger partial charge in [-0.05, 0) is 35.9 Å². The Morgan fingerprint density at radius 1 is 0.964 bits per heavy atom. The highest BCUT2D eigenvalue weighted by molar-refractivity contribution is 9.10. The lowest BCUT2D eigenvalue weighted by Gasteiger charge is -2.25. The molecule has 28 heavy (non-hydrogen) atoms. The number of carbonyl (C=O) groups is 2. The third-order valence-corrected chi connectivity index (χ3v) is 5.13. The summed E-state index contributed by atoms with van der Waals surface area (Å²) < 4.78 is 0.845. The SMILES string of the molecule is O=C1C(=O)N(c2ccccc2)[C@@H](c2cccnc2)C1=C(O)c1ccc(Br)cc1. The van der Waals surface area contributed by atoms with Gasteiger partial charge in [0.15, 0.2) is 0 Å². The van der Waals surface area contributed by atoms with Crippen LogP contribution in [0, 0.1) is 0 Å². The summed E-state index contributed by atoms with van der Waals surface area (Å²) in [5.74, 6) is -1.62. The number of benzene rings is 2. The number of nitrogens with zero attached hydrogens (tertiary/aromatic N) is 2. The van der Waals surface area contributed by atoms with Crippen molar-refractivity contribution in [3.05, 3.63) is 100 Å². The summed E-state index contributed by atoms with van der Waals surface area (Å²) in [6.07, 6.45) is 3.22. The lowest BCUT2D eigenvalue weighted by molar-refractivity contribution is -0.132. The monoisotopic (exact) mass is 434 g/mol. The Labute approximate surface area is 170 Å². The molecule has 1 N–H and O–H groups in total. The second-order valence-electron chi connectivity index (χ2n) is 6.30. The van der Waals surface area contributed by atoms with E-state index in [1.807, 2.05) is 6.07 Å². The molecule has 0 spiro atoms. The van der Waals surface area contributed by atoms with E-state index in [0.29, 0.717) is 16.8 Å². The van der Waals surface area contributed by atoms with E-state index in [-0.39, 0.29) is 11.3 Å². The zero-order chi connectivity index (χ0) is 19.7. The highest BCUT2D eigenvalue weighted by Gasteiger charge is 2.46. The van der Waals surface area contributed by atoms with Crippen LogP contribution in [0.2, 0.25) is 0 Å². The number of carbonyl (C=O) groups excluding carboxylic acids is 2. The summed E-state index contributed by atoms with van der Waals surface area (Å²) in [7, 11) is 0. The van der Waals surface area contributed by atoms with Crippen LogP contribution in [0.4, 0.5) is 5.69 Å². The number of Topliss-reactive ketones (excluding diaryl/α,β-unsaturated/α-hetero) is 1. The molecular formula is C22H15BrN2O3. The van der Waals surface area contributed by atoms with Gasteiger partial charge in [0.25, 0.3) is 11.7 Å². The van der Waals surface area contributed by atoms with E-state index in [0.717, 1.165) is 4.47 Å². The minimum Gasteiger partial charge on any atom is -0.507 e. The molecule has 1 aliphatic rings. The van der Waals surface area contributed by atoms with Crippen LogP contribution in [0.25, 0.3) is 5.76 Å². The molecule has 138 valence electrons. The fourth-order valence-electron chi connectivity index (χ4n) is 3.30. The number of halogens is 1. The van der Waals surface area contributed by atoms with Crippen LogP contribution in [0.1, 0.15) is 17.2 Å². The maximum absolute atomic E-state index is 12.9. The molecule has 1 atom stereocenters. The number of amides is 1. The molecule has 0 bridgehead atoms. The topological polar surface area (TPSA) is 70.5 Å². The molecule has 1 fully saturated rings. The number of aliphatic hydroxyl groups is 1. The number of ketones is 1. The van der Waals surface area contributed by atoms with Gasteiger partial charge in [-0.2, -0.15) is 0 Å². The van der Waals surface area contributed by atoms with Crippen LogP contribution in [-0.2, 0) is 9.59 Å². The zero-order valence-electron chi connectivity index (χ0n) is 14.6. The van der Waals surface area contributed by atoms with E-state index < -0.39 is 17.7 Å². The minimum absolute atomic E-state index is 0.0455. The largest absolute Gasteiger partial charge is 0.507 e. The van der Waals surface area contributed by atoms with Crippen LogP contribution < -0.4 is 4.90 Å². The number of hydrogen-bond donors (Lipinski definition) is 1. The normalized spacial score (nSPS) is 18.5. The van der Waals surface area contributed by atoms with Crippen molar-refractivity contribution in [1.29, 1.82) is 0 Å². The Kier molecular flexibility index (Phi) is 4.79. The van der Waals surface area contributed by atoms with Gasteiger partial charge in [0.1, 0.15) is 5.76 Å². The number of aromatic nitrogens is 1. The van der Waals surface area contributed by atoms with Gasteiger partial charge in [0.05, 0.1) is 11.6 Å². The summed E-state index contributed by atoms with van der Waals surface area (Å²) in [5.41, 5.74) is 1.73. The molecule has 0 radical (unpaired) electrons. The van der Waals surface area contributed by atoms with Gasteiger partial charge >= 0.3 is 0 Å². The molecule has 3 aromatic rings. The van der Waals surface area contributed by atoms with Crippen LogP contribution in [0.3, 0.4) is 0 Å². The molecule has 1 aromatic heterocycles. The highest BCUT2D eigenvalue weighted by atomic mass is 79.9. The number of pyridine rings is 1. The van der Waals surface area contributed by atoms with Crippen molar-refractivity contribution >= 4 is 39.1 Å². The number of hydrogen-bond acceptors (Lipinski definition) is 4. The molecule has 2 aromatic carbocycles. The zero-order valence-corrected chi connectivity index (χ0v) is 16.2. The Bertz CT molecular complexity index is 1060. The van der Waals surface area contributed by atoms with Crippen LogP contribution in [-0.4, -0.2) is 21.8 Å². The van der Waals surface area contributed by atoms with Crippen molar-refractivity contribution in [3.8, 4) is 0 Å². The molecule has 1 saturated heterocycles. The van der Waals surface area contributed by atoms with Crippen molar-refractivity contribution in [2.75, 3.05) is 4.90 Å². The first-order valence-corrected chi connectivity index (χ1v) is 9.39. The summed E-state index contributed by atoms with van der Waals surface area (Å²) in [4.78, 5) is 31.3. The van der Waals surface area contributed by atoms with E-state index in [1.54, 1.807) is 73.1 Å². The lowest BCUT2D eigenvalue weighted by Crippen LogP contribution is -2.29. The van der Waals surface area contributed by atoms with Crippen LogP contribution in [0.5, 0.6) is 0 Å². The molecular weight excluding hydrogens is 420 g/mol. The van der Waals surface area contributed by atoms with Gasteiger partial charge in [-0.3, -0.25) is 19.5 Å². The smallest absolute Gasteiger partial charge is 0.300 e. The second kappa shape index (κ2) is 7.40. The standard InChI is InChI=1S/C22H15BrN2O3/c23-16-10-8-14(9-11-16)20(26)18-19(15-5-4-12-24-13-15)25(22(28)21(18)27)17-6-2-1-3-7-17/h1-13,19,26H/t19-/m0/s1. The molecule has 5 nitrogen and oxygen atoms in total. The van der Waals surface area contributed by atoms with E-state index in [4.69, 9.17) is 0 Å². The number of anilines is 1. The fraction of sp³-hybridized carbons (Fsp3) is 0.0455. The van der Waals surface area contributed by atoms with Crippen molar-refractivity contribution in [1.82, 2.24) is 4.98 Å². The Morgan fingerprint density at radius 2 is 1.68 bits per heavy atom. The summed E-state index contributed by atoms with van der Waals surface area (Å²) in [5, 5.41) is 10.9. The third-order valence-electron chi connectivity index (χ3n) is 4.60. The maximum Gasteiger partial charge on any atom is 0.300 e. The Balaban J connectivity index is 1.94. The summed E-state index contributed by atoms with van der Waals surface area (Å²) >= 11 is 3.35. The molecule has 1 aliphatic heterocycles. The van der Waals surface area contributed by atoms with Gasteiger partial charge in [-0.1, -0.05) is 52.3 Å². The predicted octanol–water partition coefficient (Wildman–Crippen LogP) is 4.47. The van der Waals surface area contributed by atoms with Gasteiger partial charge < -0.3 is 5.11 Å². The van der Waals surface area contributed by atoms with E-state index >= 15 is 0 Å². The van der Waals surface area contributed by atoms with Gasteiger partial charge in [0, 0.05) is 28.1 Å². The van der Waals surface area contributed by atoms with Gasteiger partial charge in [-0.25, -0.2) is 0 Å². The second-order valence-corrected chi connectivity index (χ2v) is 7.21. The van der Waals surface area contributed by atoms with Crippen LogP contribution in [0.15, 0.2) is 89.2 Å². The average molecular weight is 435 g/mol. The first-order valence-electron chi connectivity index (χ1n) is 8.60. The molecule has 0 aliphatic carbocycles. The first-order chi connectivity index (χ1) is 13.6. The fourth-order valence-corrected chi connectivity index (χ4v) is 3.57. The van der Waals surface area contributed by atoms with Crippen molar-refractivity contribution < 1.29 is 14.7 Å². The summed E-state index contributed by atoms with van der Waals surface area (Å²) in [6.45, 7) is 0. The van der Waals surface area contributed by atoms with E-state index in [1.165, 1.54) is 4.90 Å². The number of para-hydroxylation sites is 1. The highest BCUT2D eigenvalue weighted by Crippen LogP contribution is 2.41. The van der Waals surface area contributed by atoms with Crippen molar-refractivity contribution in [3.63, 3.8) is 0 Å². The maximum atomic E-state index is 12.9. The third kappa shape index (κ3) is 3.12. The predicted molar refractivity (Wildman–Crippen MR) is 110 cm³/mol. The quantitative estimate of drug-likeness (QED) is 0.375. The first kappa shape index (κ1) is 18.1. The molecule has 0 unspecified atom stereocenters. The van der Waals surface area contributed by atoms with Gasteiger partial charge in [-0.15, -0.1) is 0 Å². The van der Waals surface area contributed by atoms with E-state index in [9.17, 15) is 14.7 Å². The molecule has 1 amide bonds. The van der Waals surface area contributed by atoms with Crippen molar-refractivity contribution in [2.24, 2.45) is 0 Å². The number of aliphatic hydroxyl groups excluding tert-OH is 1. The summed E-state index contributed by atoms with van der Waals surface area (Å²) in [6, 6.07) is 18.6. The Hall–Kier alpha value is -3.25. The molecule has 4 rings (SSSR count). The van der Waals surface area contributed by atoms with E-state index in [2.05, 4.69) is 20.9 Å². The number of rotatable bonds is 3. The Morgan fingerprint density at radius 3 is 2.32 bits per heavy atom. The molecule has 6 heteroatoms. The minimum atomic E-state index is -0.764. The van der Waals surface area contributed by atoms with Crippen LogP contribution >= 0.6 is 15.9 Å². The van der Waals surface area contributed by atoms with Gasteiger partial charge in [0.2, 0.25) is 0 Å². The molecule has 2 heterocycles. The average Bonchev–Trinajstić information content (AvgIpc) is 3.00. The van der Waals surface area contributed by atoms with Crippen molar-refractivity contribution in [2.45, 2.75) is 6.04 Å². The molecule has 0 saturated carbocycles. The lowest BCUT2D eigenvalue weighted by atomic mass is 9.96.